The molecular weight excluding hydrogens is 408 g/mol. The van der Waals surface area contributed by atoms with Gasteiger partial charge in [-0.1, -0.05) is 90.0 Å². The number of carbonyl (C=O) groups is 2. The predicted octanol–water partition coefficient (Wildman–Crippen LogP) is 5.01. The average molecular weight is 443 g/mol. The summed E-state index contributed by atoms with van der Waals surface area (Å²) in [5.74, 6) is -0.181. The molecule has 0 radical (unpaired) electrons. The molecule has 4 heteroatoms. The number of aryl methyl sites for hydroxylation is 2. The Bertz CT molecular complexity index is 1060. The number of nitrogens with zero attached hydrogens (tertiary/aromatic N) is 1. The number of amides is 2. The lowest BCUT2D eigenvalue weighted by Crippen LogP contribution is -2.52. The molecule has 1 N–H and O–H groups in total. The first-order valence-electron chi connectivity index (χ1n) is 11.6. The Hall–Kier alpha value is -3.40. The van der Waals surface area contributed by atoms with Crippen LogP contribution in [0.1, 0.15) is 41.7 Å². The second-order valence-corrected chi connectivity index (χ2v) is 9.04. The van der Waals surface area contributed by atoms with E-state index in [1.807, 2.05) is 107 Å². The first kappa shape index (κ1) is 24.2. The Morgan fingerprint density at radius 1 is 0.788 bits per heavy atom. The molecule has 33 heavy (non-hydrogen) atoms. The third kappa shape index (κ3) is 7.31. The average Bonchev–Trinajstić information content (AvgIpc) is 2.77. The van der Waals surface area contributed by atoms with Crippen molar-refractivity contribution in [3.8, 4) is 0 Å². The number of carbonyl (C=O) groups excluding carboxylic acids is 2. The van der Waals surface area contributed by atoms with Gasteiger partial charge in [-0.15, -0.1) is 0 Å². The second kappa shape index (κ2) is 11.5. The van der Waals surface area contributed by atoms with Crippen LogP contribution in [0.4, 0.5) is 0 Å². The van der Waals surface area contributed by atoms with Gasteiger partial charge in [0.05, 0.1) is 6.42 Å². The van der Waals surface area contributed by atoms with Gasteiger partial charge in [-0.2, -0.15) is 0 Å². The largest absolute Gasteiger partial charge is 0.352 e. The molecule has 0 aliphatic rings. The summed E-state index contributed by atoms with van der Waals surface area (Å²) in [6.45, 7) is 8.33. The Kier molecular flexibility index (Phi) is 8.42. The van der Waals surface area contributed by atoms with E-state index in [0.717, 1.165) is 27.8 Å². The quantitative estimate of drug-likeness (QED) is 0.506. The van der Waals surface area contributed by atoms with Crippen LogP contribution in [0.25, 0.3) is 0 Å². The first-order valence-corrected chi connectivity index (χ1v) is 11.6. The van der Waals surface area contributed by atoms with Crippen molar-refractivity contribution in [1.82, 2.24) is 10.2 Å². The van der Waals surface area contributed by atoms with Gasteiger partial charge in [0.1, 0.15) is 6.04 Å². The van der Waals surface area contributed by atoms with E-state index in [2.05, 4.69) is 5.32 Å². The van der Waals surface area contributed by atoms with Crippen LogP contribution in [-0.4, -0.2) is 28.8 Å². The fourth-order valence-corrected chi connectivity index (χ4v) is 3.92. The molecule has 172 valence electrons. The van der Waals surface area contributed by atoms with Crippen molar-refractivity contribution in [3.05, 3.63) is 107 Å². The summed E-state index contributed by atoms with van der Waals surface area (Å²) in [4.78, 5) is 28.8. The van der Waals surface area contributed by atoms with Gasteiger partial charge in [0.2, 0.25) is 11.8 Å². The van der Waals surface area contributed by atoms with Crippen molar-refractivity contribution < 1.29 is 9.59 Å². The van der Waals surface area contributed by atoms with Gasteiger partial charge in [0.15, 0.2) is 0 Å². The molecule has 4 nitrogen and oxygen atoms in total. The molecular formula is C29H34N2O2. The van der Waals surface area contributed by atoms with Crippen LogP contribution in [-0.2, 0) is 29.0 Å². The zero-order chi connectivity index (χ0) is 23.8. The van der Waals surface area contributed by atoms with Crippen LogP contribution < -0.4 is 5.32 Å². The molecule has 0 heterocycles. The van der Waals surface area contributed by atoms with E-state index in [9.17, 15) is 9.59 Å². The lowest BCUT2D eigenvalue weighted by atomic mass is 10.0. The van der Waals surface area contributed by atoms with Gasteiger partial charge >= 0.3 is 0 Å². The van der Waals surface area contributed by atoms with Gasteiger partial charge < -0.3 is 10.2 Å². The fourth-order valence-electron chi connectivity index (χ4n) is 3.92. The van der Waals surface area contributed by atoms with Crippen molar-refractivity contribution in [3.63, 3.8) is 0 Å². The Balaban J connectivity index is 1.96. The predicted molar refractivity (Wildman–Crippen MR) is 134 cm³/mol. The van der Waals surface area contributed by atoms with Crippen molar-refractivity contribution >= 4 is 11.8 Å². The summed E-state index contributed by atoms with van der Waals surface area (Å²) in [5, 5.41) is 3.03. The third-order valence-electron chi connectivity index (χ3n) is 5.61. The molecule has 0 spiro atoms. The van der Waals surface area contributed by atoms with Crippen molar-refractivity contribution in [2.75, 3.05) is 0 Å². The summed E-state index contributed by atoms with van der Waals surface area (Å²) >= 11 is 0. The van der Waals surface area contributed by atoms with Crippen LogP contribution in [0.5, 0.6) is 0 Å². The number of hydrogen-bond donors (Lipinski definition) is 1. The highest BCUT2D eigenvalue weighted by atomic mass is 16.2. The molecule has 0 unspecified atom stereocenters. The SMILES string of the molecule is Cc1ccc(CN(C(=O)Cc2cccc(C)c2)[C@H](Cc2ccccc2)C(=O)NC(C)C)cc1. The minimum Gasteiger partial charge on any atom is -0.352 e. The van der Waals surface area contributed by atoms with E-state index in [0.29, 0.717) is 13.0 Å². The van der Waals surface area contributed by atoms with Gasteiger partial charge in [0, 0.05) is 19.0 Å². The number of rotatable bonds is 9. The minimum atomic E-state index is -0.603. The molecule has 0 aliphatic carbocycles. The molecule has 0 fully saturated rings. The molecule has 0 saturated heterocycles. The topological polar surface area (TPSA) is 49.4 Å². The molecule has 3 aromatic rings. The summed E-state index contributed by atoms with van der Waals surface area (Å²) in [5.41, 5.74) is 5.27. The molecule has 0 aromatic heterocycles. The Labute approximate surface area is 197 Å². The van der Waals surface area contributed by atoms with Crippen molar-refractivity contribution in [2.24, 2.45) is 0 Å². The molecule has 0 saturated carbocycles. The van der Waals surface area contributed by atoms with Gasteiger partial charge in [0.25, 0.3) is 0 Å². The third-order valence-corrected chi connectivity index (χ3v) is 5.61. The van der Waals surface area contributed by atoms with Crippen molar-refractivity contribution in [1.29, 1.82) is 0 Å². The van der Waals surface area contributed by atoms with E-state index in [1.165, 1.54) is 0 Å². The number of benzene rings is 3. The maximum atomic E-state index is 13.7. The monoisotopic (exact) mass is 442 g/mol. The first-order chi connectivity index (χ1) is 15.8. The Morgan fingerprint density at radius 2 is 1.45 bits per heavy atom. The Morgan fingerprint density at radius 3 is 2.09 bits per heavy atom. The zero-order valence-corrected chi connectivity index (χ0v) is 20.0. The lowest BCUT2D eigenvalue weighted by Gasteiger charge is -2.32. The molecule has 2 amide bonds. The fraction of sp³-hybridized carbons (Fsp3) is 0.310. The summed E-state index contributed by atoms with van der Waals surface area (Å²) in [6.07, 6.45) is 0.721. The molecule has 1 atom stereocenters. The maximum Gasteiger partial charge on any atom is 0.243 e. The second-order valence-electron chi connectivity index (χ2n) is 9.04. The van der Waals surface area contributed by atoms with E-state index < -0.39 is 6.04 Å². The van der Waals surface area contributed by atoms with Crippen LogP contribution in [0, 0.1) is 13.8 Å². The highest BCUT2D eigenvalue weighted by Gasteiger charge is 2.30. The highest BCUT2D eigenvalue weighted by molar-refractivity contribution is 5.89. The van der Waals surface area contributed by atoms with E-state index in [4.69, 9.17) is 0 Å². The van der Waals surface area contributed by atoms with Gasteiger partial charge in [-0.05, 0) is 44.4 Å². The molecule has 3 aromatic carbocycles. The van der Waals surface area contributed by atoms with Crippen LogP contribution in [0.2, 0.25) is 0 Å². The summed E-state index contributed by atoms with van der Waals surface area (Å²) in [6, 6.07) is 25.4. The molecule has 3 rings (SSSR count). The van der Waals surface area contributed by atoms with E-state index in [-0.39, 0.29) is 24.3 Å². The standard InChI is InChI=1S/C29H34N2O2/c1-21(2)30-29(33)27(18-24-10-6-5-7-11-24)31(20-25-15-13-22(3)14-16-25)28(32)19-26-12-8-9-23(4)17-26/h5-17,21,27H,18-20H2,1-4H3,(H,30,33)/t27-/m1/s1. The van der Waals surface area contributed by atoms with Gasteiger partial charge in [-0.3, -0.25) is 9.59 Å². The van der Waals surface area contributed by atoms with E-state index >= 15 is 0 Å². The lowest BCUT2D eigenvalue weighted by molar-refractivity contribution is -0.141. The summed E-state index contributed by atoms with van der Waals surface area (Å²) < 4.78 is 0. The smallest absolute Gasteiger partial charge is 0.243 e. The maximum absolute atomic E-state index is 13.7. The molecule has 0 aliphatic heterocycles. The number of hydrogen-bond acceptors (Lipinski definition) is 2. The van der Waals surface area contributed by atoms with Crippen LogP contribution >= 0.6 is 0 Å². The highest BCUT2D eigenvalue weighted by Crippen LogP contribution is 2.17. The van der Waals surface area contributed by atoms with Crippen molar-refractivity contribution in [2.45, 2.75) is 59.2 Å². The minimum absolute atomic E-state index is 0.0103. The van der Waals surface area contributed by atoms with Crippen LogP contribution in [0.15, 0.2) is 78.9 Å². The van der Waals surface area contributed by atoms with Gasteiger partial charge in [-0.25, -0.2) is 0 Å². The molecule has 0 bridgehead atoms. The van der Waals surface area contributed by atoms with Crippen LogP contribution in [0.3, 0.4) is 0 Å². The van der Waals surface area contributed by atoms with E-state index in [1.54, 1.807) is 4.90 Å². The zero-order valence-electron chi connectivity index (χ0n) is 20.0. The normalized spacial score (nSPS) is 11.8. The summed E-state index contributed by atoms with van der Waals surface area (Å²) in [7, 11) is 0. The number of nitrogens with one attached hydrogen (secondary N) is 1.